The van der Waals surface area contributed by atoms with Crippen molar-refractivity contribution < 1.29 is 14.7 Å². The van der Waals surface area contributed by atoms with Crippen LogP contribution in [0.15, 0.2) is 42.5 Å². The number of amides is 1. The van der Waals surface area contributed by atoms with E-state index >= 15 is 0 Å². The molecule has 6 nitrogen and oxygen atoms in total. The fourth-order valence-electron chi connectivity index (χ4n) is 5.54. The van der Waals surface area contributed by atoms with Crippen LogP contribution in [0.1, 0.15) is 134 Å². The minimum Gasteiger partial charge on any atom is -0.481 e. The van der Waals surface area contributed by atoms with Crippen LogP contribution in [0.4, 0.5) is 0 Å². The highest BCUT2D eigenvalue weighted by Gasteiger charge is 2.52. The lowest BCUT2D eigenvalue weighted by atomic mass is 9.76. The van der Waals surface area contributed by atoms with E-state index in [4.69, 9.17) is 14.9 Å². The number of amidine groups is 1. The molecule has 3 atom stereocenters. The Balaban J connectivity index is 0. The predicted molar refractivity (Wildman–Crippen MR) is 187 cm³/mol. The van der Waals surface area contributed by atoms with Gasteiger partial charge in [-0.2, -0.15) is 0 Å². The maximum atomic E-state index is 14.1. The molecule has 2 rings (SSSR count). The molecule has 1 aliphatic carbocycles. The van der Waals surface area contributed by atoms with Crippen molar-refractivity contribution in [3.05, 3.63) is 37.5 Å². The summed E-state index contributed by atoms with van der Waals surface area (Å²) in [6, 6.07) is -0.0600. The number of aliphatic carboxylic acids is 1. The Morgan fingerprint density at radius 1 is 1.12 bits per heavy atom. The highest BCUT2D eigenvalue weighted by atomic mass is 16.4. The van der Waals surface area contributed by atoms with E-state index in [1.165, 1.54) is 6.42 Å². The summed E-state index contributed by atoms with van der Waals surface area (Å²) in [7, 11) is 2.04. The Labute approximate surface area is 266 Å². The maximum absolute atomic E-state index is 14.1. The first-order valence-electron chi connectivity index (χ1n) is 16.5. The van der Waals surface area contributed by atoms with Gasteiger partial charge in [0.2, 0.25) is 0 Å². The quantitative estimate of drug-likeness (QED) is 0.221. The smallest absolute Gasteiger partial charge is 0.300 e. The average molecular weight is 604 g/mol. The van der Waals surface area contributed by atoms with Crippen LogP contribution in [0.2, 0.25) is 0 Å². The van der Waals surface area contributed by atoms with Crippen LogP contribution in [0.5, 0.6) is 0 Å². The molecule has 1 fully saturated rings. The molecule has 0 aromatic heterocycles. The number of carbonyl (C=O) groups is 2. The molecule has 1 heterocycles. The zero-order valence-corrected chi connectivity index (χ0v) is 30.5. The van der Waals surface area contributed by atoms with Crippen molar-refractivity contribution >= 4 is 17.7 Å². The summed E-state index contributed by atoms with van der Waals surface area (Å²) in [6.07, 6.45) is 11.8. The lowest BCUT2D eigenvalue weighted by molar-refractivity contribution is -0.134. The number of carbonyl (C=O) groups excluding carboxylic acids is 1. The van der Waals surface area contributed by atoms with E-state index in [1.807, 2.05) is 33.9 Å². The van der Waals surface area contributed by atoms with E-state index in [9.17, 15) is 4.79 Å². The average Bonchev–Trinajstić information content (AvgIpc) is 3.02. The second kappa shape index (κ2) is 19.8. The van der Waals surface area contributed by atoms with Crippen LogP contribution >= 0.6 is 0 Å². The number of allylic oxidation sites excluding steroid dienone is 1. The number of aliphatic imine (C=N–C) groups is 1. The zero-order valence-electron chi connectivity index (χ0n) is 30.5. The van der Waals surface area contributed by atoms with Gasteiger partial charge in [0.15, 0.2) is 5.84 Å². The summed E-state index contributed by atoms with van der Waals surface area (Å²) in [4.78, 5) is 32.7. The number of carboxylic acid groups (broad SMARTS) is 1. The third-order valence-electron chi connectivity index (χ3n) is 7.99. The molecular weight excluding hydrogens is 534 g/mol. The second-order valence-corrected chi connectivity index (χ2v) is 14.5. The van der Waals surface area contributed by atoms with Gasteiger partial charge in [-0.15, -0.1) is 6.58 Å². The molecule has 0 radical (unpaired) electrons. The van der Waals surface area contributed by atoms with Crippen molar-refractivity contribution in [3.8, 4) is 0 Å². The number of hydrogen-bond acceptors (Lipinski definition) is 4. The number of likely N-dealkylation sites (N-methyl/N-ethyl adjacent to an activating group) is 1. The van der Waals surface area contributed by atoms with E-state index < -0.39 is 11.6 Å². The molecule has 0 aromatic carbocycles. The van der Waals surface area contributed by atoms with Gasteiger partial charge in [0.05, 0.1) is 6.04 Å². The van der Waals surface area contributed by atoms with E-state index in [1.54, 1.807) is 6.08 Å². The molecule has 6 heteroatoms. The molecule has 250 valence electrons. The van der Waals surface area contributed by atoms with Gasteiger partial charge in [0, 0.05) is 20.5 Å². The summed E-state index contributed by atoms with van der Waals surface area (Å²) < 4.78 is 0. The Morgan fingerprint density at radius 2 is 1.63 bits per heavy atom. The van der Waals surface area contributed by atoms with Gasteiger partial charge in [-0.1, -0.05) is 94.5 Å². The summed E-state index contributed by atoms with van der Waals surface area (Å²) in [5.41, 5.74) is 0.937. The van der Waals surface area contributed by atoms with Crippen LogP contribution in [0, 0.1) is 22.7 Å². The van der Waals surface area contributed by atoms with Gasteiger partial charge in [0.1, 0.15) is 5.66 Å². The van der Waals surface area contributed by atoms with Crippen LogP contribution < -0.4 is 0 Å². The monoisotopic (exact) mass is 604 g/mol. The molecule has 0 bridgehead atoms. The maximum Gasteiger partial charge on any atom is 0.300 e. The molecule has 1 spiro atoms. The molecule has 1 saturated carbocycles. The lowest BCUT2D eigenvalue weighted by Gasteiger charge is -2.42. The fourth-order valence-corrected chi connectivity index (χ4v) is 5.54. The summed E-state index contributed by atoms with van der Waals surface area (Å²) >= 11 is 0. The second-order valence-electron chi connectivity index (χ2n) is 14.5. The minimum atomic E-state index is -0.833. The first-order chi connectivity index (χ1) is 19.8. The van der Waals surface area contributed by atoms with E-state index in [0.29, 0.717) is 17.7 Å². The molecule has 0 saturated heterocycles. The summed E-state index contributed by atoms with van der Waals surface area (Å²) in [5, 5.41) is 7.42. The Morgan fingerprint density at radius 3 is 2.05 bits per heavy atom. The molecule has 43 heavy (non-hydrogen) atoms. The van der Waals surface area contributed by atoms with Gasteiger partial charge in [-0.05, 0) is 86.5 Å². The minimum absolute atomic E-state index is 0.0600. The predicted octanol–water partition coefficient (Wildman–Crippen LogP) is 9.77. The van der Waals surface area contributed by atoms with Gasteiger partial charge in [-0.25, -0.2) is 4.99 Å². The normalized spacial score (nSPS) is 20.7. The molecule has 1 amide bonds. The Hall–Kier alpha value is -2.37. The van der Waals surface area contributed by atoms with Crippen molar-refractivity contribution in [3.63, 3.8) is 0 Å². The molecule has 0 aromatic rings. The van der Waals surface area contributed by atoms with Gasteiger partial charge in [-0.3, -0.25) is 9.59 Å². The van der Waals surface area contributed by atoms with E-state index in [0.717, 1.165) is 64.0 Å². The third-order valence-corrected chi connectivity index (χ3v) is 7.99. The van der Waals surface area contributed by atoms with Gasteiger partial charge in [0.25, 0.3) is 11.9 Å². The van der Waals surface area contributed by atoms with Crippen molar-refractivity contribution in [2.24, 2.45) is 27.7 Å². The fraction of sp³-hybridized carbons (Fsp3) is 0.757. The van der Waals surface area contributed by atoms with Crippen molar-refractivity contribution in [1.29, 1.82) is 0 Å². The molecule has 1 N–H and O–H groups in total. The Kier molecular flexibility index (Phi) is 19.7. The summed E-state index contributed by atoms with van der Waals surface area (Å²) in [5.74, 6) is 1.14. The Bertz CT molecular complexity index is 903. The molecule has 3 unspecified atom stereocenters. The SMILES string of the molecule is C=CC.C=CC(=C)C(CCC(C)(C)C)N1C(=O)C(N(C)CCC(C)C)=NC12CCCC(C(C)(C)C)CC2.CC.CC(=O)O. The number of nitrogens with zero attached hydrogens (tertiary/aromatic N) is 3. The van der Waals surface area contributed by atoms with Crippen molar-refractivity contribution in [2.75, 3.05) is 13.6 Å². The van der Waals surface area contributed by atoms with E-state index in [-0.39, 0.29) is 22.8 Å². The van der Waals surface area contributed by atoms with Crippen LogP contribution in [0.25, 0.3) is 0 Å². The standard InChI is InChI=1S/C30H53N3O.C3H6.C2H4O2.C2H6/c1-12-23(4)25(16-19-28(5,6)7)33-27(34)26(32(11)21-17-22(2)3)31-30(33)18-13-14-24(15-20-30)29(8,9)10;1-3-2;1-2(3)4;1-2/h12,22,24-25H,1,4,13-21H2,2-3,5-11H3;3H,1H2,2H3;1H3,(H,3,4);1-2H3. The lowest BCUT2D eigenvalue weighted by Crippen LogP contribution is -2.53. The van der Waals surface area contributed by atoms with Gasteiger partial charge < -0.3 is 14.9 Å². The van der Waals surface area contributed by atoms with Crippen LogP contribution in [-0.4, -0.2) is 57.9 Å². The van der Waals surface area contributed by atoms with Crippen LogP contribution in [0.3, 0.4) is 0 Å². The highest BCUT2D eigenvalue weighted by Crippen LogP contribution is 2.46. The largest absolute Gasteiger partial charge is 0.481 e. The van der Waals surface area contributed by atoms with Crippen molar-refractivity contribution in [2.45, 2.75) is 146 Å². The number of hydrogen-bond donors (Lipinski definition) is 1. The highest BCUT2D eigenvalue weighted by molar-refractivity contribution is 6.39. The van der Waals surface area contributed by atoms with Crippen molar-refractivity contribution in [1.82, 2.24) is 9.80 Å². The third kappa shape index (κ3) is 15.3. The number of rotatable bonds is 8. The molecule has 2 aliphatic rings. The topological polar surface area (TPSA) is 73.2 Å². The molecule has 1 aliphatic heterocycles. The summed E-state index contributed by atoms with van der Waals surface area (Å²) in [6.45, 7) is 37.9. The first kappa shape index (κ1) is 42.8. The number of carboxylic acids is 1. The zero-order chi connectivity index (χ0) is 34.2. The van der Waals surface area contributed by atoms with Crippen LogP contribution in [-0.2, 0) is 9.59 Å². The molecular formula is C37H69N3O3. The van der Waals surface area contributed by atoms with Gasteiger partial charge >= 0.3 is 0 Å². The first-order valence-corrected chi connectivity index (χ1v) is 16.5. The van der Waals surface area contributed by atoms with E-state index in [2.05, 4.69) is 84.9 Å².